The van der Waals surface area contributed by atoms with Gasteiger partial charge < -0.3 is 10.6 Å². The van der Waals surface area contributed by atoms with E-state index >= 15 is 0 Å². The third kappa shape index (κ3) is 4.92. The topological polar surface area (TPSA) is 36.4 Å². The van der Waals surface area contributed by atoms with Crippen LogP contribution in [-0.2, 0) is 6.42 Å². The maximum absolute atomic E-state index is 4.29. The van der Waals surface area contributed by atoms with Gasteiger partial charge in [-0.25, -0.2) is 0 Å². The first kappa shape index (κ1) is 16.1. The van der Waals surface area contributed by atoms with Crippen LogP contribution >= 0.6 is 0 Å². The maximum Gasteiger partial charge on any atom is 0.191 e. The van der Waals surface area contributed by atoms with Crippen LogP contribution in [0.1, 0.15) is 29.7 Å². The number of aryl methyl sites for hydroxylation is 1. The van der Waals surface area contributed by atoms with Crippen LogP contribution in [0.25, 0.3) is 0 Å². The van der Waals surface area contributed by atoms with E-state index in [-0.39, 0.29) is 6.04 Å². The Morgan fingerprint density at radius 3 is 2.36 bits per heavy atom. The zero-order valence-corrected chi connectivity index (χ0v) is 13.6. The summed E-state index contributed by atoms with van der Waals surface area (Å²) in [6, 6.07) is 19.3. The molecule has 2 aromatic carbocycles. The molecule has 2 N–H and O–H groups in total. The van der Waals surface area contributed by atoms with Crippen molar-refractivity contribution >= 4 is 5.96 Å². The van der Waals surface area contributed by atoms with Crippen molar-refractivity contribution in [3.8, 4) is 0 Å². The standard InChI is InChI=1S/C19H25N3/c1-15-9-11-17(12-10-15)13-14-21-19(20-3)22-16(2)18-7-5-4-6-8-18/h4-12,16H,13-14H2,1-3H3,(H2,20,21,22). The highest BCUT2D eigenvalue weighted by Crippen LogP contribution is 2.10. The number of hydrogen-bond donors (Lipinski definition) is 2. The lowest BCUT2D eigenvalue weighted by Crippen LogP contribution is -2.39. The van der Waals surface area contributed by atoms with Gasteiger partial charge in [-0.05, 0) is 31.4 Å². The van der Waals surface area contributed by atoms with Crippen LogP contribution in [0.4, 0.5) is 0 Å². The van der Waals surface area contributed by atoms with Crippen molar-refractivity contribution in [1.29, 1.82) is 0 Å². The van der Waals surface area contributed by atoms with E-state index in [1.165, 1.54) is 16.7 Å². The van der Waals surface area contributed by atoms with Crippen LogP contribution in [0, 0.1) is 6.92 Å². The molecule has 3 heteroatoms. The van der Waals surface area contributed by atoms with Gasteiger partial charge in [0, 0.05) is 13.6 Å². The molecule has 0 bridgehead atoms. The Labute approximate surface area is 133 Å². The van der Waals surface area contributed by atoms with E-state index in [4.69, 9.17) is 0 Å². The second-order valence-electron chi connectivity index (χ2n) is 5.51. The molecule has 0 aromatic heterocycles. The molecule has 0 amide bonds. The molecule has 0 spiro atoms. The molecule has 1 atom stereocenters. The highest BCUT2D eigenvalue weighted by Gasteiger charge is 2.06. The van der Waals surface area contributed by atoms with E-state index in [2.05, 4.69) is 78.0 Å². The fourth-order valence-electron chi connectivity index (χ4n) is 2.30. The molecule has 3 nitrogen and oxygen atoms in total. The lowest BCUT2D eigenvalue weighted by molar-refractivity contribution is 0.684. The summed E-state index contributed by atoms with van der Waals surface area (Å²) in [4.78, 5) is 4.29. The maximum atomic E-state index is 4.29. The Bertz CT molecular complexity index is 588. The molecule has 2 aromatic rings. The SMILES string of the molecule is CN=C(NCCc1ccc(C)cc1)NC(C)c1ccccc1. The Morgan fingerprint density at radius 2 is 1.73 bits per heavy atom. The normalized spacial score (nSPS) is 12.8. The Hall–Kier alpha value is -2.29. The predicted octanol–water partition coefficient (Wildman–Crippen LogP) is 3.46. The first-order valence-corrected chi connectivity index (χ1v) is 7.76. The van der Waals surface area contributed by atoms with Gasteiger partial charge in [0.05, 0.1) is 6.04 Å². The number of nitrogens with zero attached hydrogens (tertiary/aromatic N) is 1. The number of nitrogens with one attached hydrogen (secondary N) is 2. The summed E-state index contributed by atoms with van der Waals surface area (Å²) in [5, 5.41) is 6.79. The van der Waals surface area contributed by atoms with Gasteiger partial charge in [-0.3, -0.25) is 4.99 Å². The summed E-state index contributed by atoms with van der Waals surface area (Å²) in [6.45, 7) is 5.12. The predicted molar refractivity (Wildman–Crippen MR) is 94.2 cm³/mol. The van der Waals surface area contributed by atoms with Crippen LogP contribution in [-0.4, -0.2) is 19.6 Å². The molecule has 0 aliphatic rings. The molecule has 0 saturated carbocycles. The zero-order chi connectivity index (χ0) is 15.8. The van der Waals surface area contributed by atoms with E-state index in [0.29, 0.717) is 0 Å². The lowest BCUT2D eigenvalue weighted by atomic mass is 10.1. The number of rotatable bonds is 5. The van der Waals surface area contributed by atoms with E-state index in [0.717, 1.165) is 18.9 Å². The molecular formula is C19H25N3. The van der Waals surface area contributed by atoms with E-state index in [1.807, 2.05) is 6.07 Å². The molecule has 0 aliphatic heterocycles. The molecule has 0 saturated heterocycles. The highest BCUT2D eigenvalue weighted by atomic mass is 15.2. The molecule has 116 valence electrons. The summed E-state index contributed by atoms with van der Waals surface area (Å²) >= 11 is 0. The Balaban J connectivity index is 1.81. The highest BCUT2D eigenvalue weighted by molar-refractivity contribution is 5.80. The number of benzene rings is 2. The minimum Gasteiger partial charge on any atom is -0.356 e. The van der Waals surface area contributed by atoms with E-state index in [1.54, 1.807) is 7.05 Å². The van der Waals surface area contributed by atoms with Crippen molar-refractivity contribution in [3.05, 3.63) is 71.3 Å². The number of aliphatic imine (C=N–C) groups is 1. The first-order chi connectivity index (χ1) is 10.7. The molecule has 1 unspecified atom stereocenters. The third-order valence-corrected chi connectivity index (χ3v) is 3.70. The summed E-state index contributed by atoms with van der Waals surface area (Å²) in [5.74, 6) is 0.837. The van der Waals surface area contributed by atoms with Gasteiger partial charge in [0.15, 0.2) is 5.96 Å². The lowest BCUT2D eigenvalue weighted by Gasteiger charge is -2.18. The molecule has 0 aliphatic carbocycles. The van der Waals surface area contributed by atoms with E-state index in [9.17, 15) is 0 Å². The zero-order valence-electron chi connectivity index (χ0n) is 13.6. The van der Waals surface area contributed by atoms with Crippen molar-refractivity contribution in [2.45, 2.75) is 26.3 Å². The molecule has 0 radical (unpaired) electrons. The van der Waals surface area contributed by atoms with Crippen molar-refractivity contribution < 1.29 is 0 Å². The number of guanidine groups is 1. The van der Waals surface area contributed by atoms with Crippen LogP contribution < -0.4 is 10.6 Å². The molecular weight excluding hydrogens is 270 g/mol. The van der Waals surface area contributed by atoms with Crippen molar-refractivity contribution in [1.82, 2.24) is 10.6 Å². The molecule has 0 heterocycles. The summed E-state index contributed by atoms with van der Waals surface area (Å²) in [5.41, 5.74) is 3.89. The second kappa shape index (κ2) is 8.23. The Morgan fingerprint density at radius 1 is 1.05 bits per heavy atom. The quantitative estimate of drug-likeness (QED) is 0.654. The molecule has 0 fully saturated rings. The largest absolute Gasteiger partial charge is 0.356 e. The van der Waals surface area contributed by atoms with Crippen LogP contribution in [0.3, 0.4) is 0 Å². The van der Waals surface area contributed by atoms with Crippen molar-refractivity contribution in [3.63, 3.8) is 0 Å². The fraction of sp³-hybridized carbons (Fsp3) is 0.316. The number of hydrogen-bond acceptors (Lipinski definition) is 1. The second-order valence-corrected chi connectivity index (χ2v) is 5.51. The fourth-order valence-corrected chi connectivity index (χ4v) is 2.30. The minimum atomic E-state index is 0.228. The first-order valence-electron chi connectivity index (χ1n) is 7.76. The third-order valence-electron chi connectivity index (χ3n) is 3.70. The van der Waals surface area contributed by atoms with Gasteiger partial charge in [-0.15, -0.1) is 0 Å². The minimum absolute atomic E-state index is 0.228. The van der Waals surface area contributed by atoms with Gasteiger partial charge >= 0.3 is 0 Å². The average molecular weight is 295 g/mol. The monoisotopic (exact) mass is 295 g/mol. The van der Waals surface area contributed by atoms with Gasteiger partial charge in [0.25, 0.3) is 0 Å². The van der Waals surface area contributed by atoms with Gasteiger partial charge in [-0.1, -0.05) is 60.2 Å². The van der Waals surface area contributed by atoms with Crippen LogP contribution in [0.2, 0.25) is 0 Å². The van der Waals surface area contributed by atoms with Crippen LogP contribution in [0.5, 0.6) is 0 Å². The molecule has 2 rings (SSSR count). The summed E-state index contributed by atoms with van der Waals surface area (Å²) in [7, 11) is 1.80. The molecule has 22 heavy (non-hydrogen) atoms. The van der Waals surface area contributed by atoms with Gasteiger partial charge in [0.1, 0.15) is 0 Å². The van der Waals surface area contributed by atoms with Gasteiger partial charge in [-0.2, -0.15) is 0 Å². The van der Waals surface area contributed by atoms with Crippen molar-refractivity contribution in [2.24, 2.45) is 4.99 Å². The summed E-state index contributed by atoms with van der Waals surface area (Å²) < 4.78 is 0. The average Bonchev–Trinajstić information content (AvgIpc) is 2.56. The van der Waals surface area contributed by atoms with Crippen LogP contribution in [0.15, 0.2) is 59.6 Å². The Kier molecular flexibility index (Phi) is 6.01. The van der Waals surface area contributed by atoms with E-state index < -0.39 is 0 Å². The van der Waals surface area contributed by atoms with Gasteiger partial charge in [0.2, 0.25) is 0 Å². The smallest absolute Gasteiger partial charge is 0.191 e. The summed E-state index contributed by atoms with van der Waals surface area (Å²) in [6.07, 6.45) is 0.987. The van der Waals surface area contributed by atoms with Crippen molar-refractivity contribution in [2.75, 3.05) is 13.6 Å².